The molecule has 0 unspecified atom stereocenters. The van der Waals surface area contributed by atoms with Gasteiger partial charge in [0.25, 0.3) is 5.69 Å². The van der Waals surface area contributed by atoms with E-state index < -0.39 is 4.92 Å². The number of azide groups is 1. The molecular formula is C8H7N4O2. The Kier molecular flexibility index (Phi) is 3.04. The van der Waals surface area contributed by atoms with Crippen molar-refractivity contribution in [2.45, 2.75) is 6.54 Å². The lowest BCUT2D eigenvalue weighted by Gasteiger charge is -1.99. The van der Waals surface area contributed by atoms with Gasteiger partial charge in [0.05, 0.1) is 11.5 Å². The van der Waals surface area contributed by atoms with E-state index in [1.807, 2.05) is 0 Å². The van der Waals surface area contributed by atoms with Gasteiger partial charge in [-0.15, -0.1) is 0 Å². The van der Waals surface area contributed by atoms with Gasteiger partial charge in [-0.25, -0.2) is 0 Å². The number of benzene rings is 1. The molecule has 0 spiro atoms. The van der Waals surface area contributed by atoms with Crippen molar-refractivity contribution in [1.29, 1.82) is 0 Å². The van der Waals surface area contributed by atoms with E-state index >= 15 is 0 Å². The number of nitro benzene ring substituents is 1. The number of nitro groups is 1. The summed E-state index contributed by atoms with van der Waals surface area (Å²) in [5, 5.41) is 13.9. The molecule has 1 rings (SSSR count). The van der Waals surface area contributed by atoms with Crippen molar-refractivity contribution in [3.63, 3.8) is 0 Å². The fourth-order valence-electron chi connectivity index (χ4n) is 1.02. The van der Waals surface area contributed by atoms with Gasteiger partial charge in [0, 0.05) is 16.5 Å². The summed E-state index contributed by atoms with van der Waals surface area (Å²) in [6.45, 7) is 3.56. The van der Waals surface area contributed by atoms with Crippen LogP contribution in [-0.4, -0.2) is 4.92 Å². The van der Waals surface area contributed by atoms with Crippen LogP contribution in [0.5, 0.6) is 0 Å². The first-order chi connectivity index (χ1) is 6.65. The number of nitrogens with zero attached hydrogens (tertiary/aromatic N) is 4. The lowest BCUT2D eigenvalue weighted by Crippen LogP contribution is -1.94. The minimum Gasteiger partial charge on any atom is -0.258 e. The molecule has 0 saturated heterocycles. The van der Waals surface area contributed by atoms with Gasteiger partial charge in [-0.05, 0) is 18.0 Å². The molecule has 0 aromatic heterocycles. The molecule has 6 heteroatoms. The van der Waals surface area contributed by atoms with Crippen LogP contribution in [0.25, 0.3) is 10.4 Å². The summed E-state index contributed by atoms with van der Waals surface area (Å²) in [7, 11) is 0. The van der Waals surface area contributed by atoms with E-state index in [0.29, 0.717) is 11.1 Å². The molecule has 0 bridgehead atoms. The minimum atomic E-state index is -0.517. The zero-order valence-corrected chi connectivity index (χ0v) is 7.25. The highest BCUT2D eigenvalue weighted by atomic mass is 16.6. The van der Waals surface area contributed by atoms with Crippen LogP contribution in [-0.2, 0) is 6.54 Å². The predicted octanol–water partition coefficient (Wildman–Crippen LogP) is 2.59. The van der Waals surface area contributed by atoms with Crippen LogP contribution >= 0.6 is 0 Å². The van der Waals surface area contributed by atoms with Crippen LogP contribution in [0.3, 0.4) is 0 Å². The Labute approximate surface area is 79.9 Å². The van der Waals surface area contributed by atoms with E-state index in [1.165, 1.54) is 12.1 Å². The summed E-state index contributed by atoms with van der Waals surface area (Å²) in [5.74, 6) is 0. The maximum absolute atomic E-state index is 10.6. The second-order valence-electron chi connectivity index (χ2n) is 2.61. The summed E-state index contributed by atoms with van der Waals surface area (Å²) in [6.07, 6.45) is 0. The zero-order valence-electron chi connectivity index (χ0n) is 7.25. The van der Waals surface area contributed by atoms with Gasteiger partial charge in [-0.1, -0.05) is 17.2 Å². The zero-order chi connectivity index (χ0) is 10.6. The maximum atomic E-state index is 10.6. The average Bonchev–Trinajstić information content (AvgIpc) is 2.15. The molecule has 1 aromatic carbocycles. The van der Waals surface area contributed by atoms with Crippen molar-refractivity contribution in [3.05, 3.63) is 56.8 Å². The summed E-state index contributed by atoms with van der Waals surface area (Å²) < 4.78 is 0. The standard InChI is InChI=1S/C8H7N4O2/c1-6-2-3-7(5-10-11-9)8(4-6)12(13)14/h2-4H,1,5H2. The average molecular weight is 191 g/mol. The van der Waals surface area contributed by atoms with E-state index in [-0.39, 0.29) is 12.2 Å². The molecule has 0 aliphatic heterocycles. The molecule has 0 heterocycles. The normalized spacial score (nSPS) is 9.21. The highest BCUT2D eigenvalue weighted by Crippen LogP contribution is 2.20. The van der Waals surface area contributed by atoms with Gasteiger partial charge in [0.15, 0.2) is 0 Å². The van der Waals surface area contributed by atoms with Crippen molar-refractivity contribution in [2.75, 3.05) is 0 Å². The van der Waals surface area contributed by atoms with E-state index in [4.69, 9.17) is 5.53 Å². The van der Waals surface area contributed by atoms with E-state index in [0.717, 1.165) is 0 Å². The summed E-state index contributed by atoms with van der Waals surface area (Å²) in [5.41, 5.74) is 8.97. The van der Waals surface area contributed by atoms with Crippen LogP contribution in [0, 0.1) is 17.0 Å². The lowest BCUT2D eigenvalue weighted by atomic mass is 10.1. The second kappa shape index (κ2) is 4.25. The first-order valence-corrected chi connectivity index (χ1v) is 3.75. The van der Waals surface area contributed by atoms with Crippen molar-refractivity contribution in [3.8, 4) is 0 Å². The van der Waals surface area contributed by atoms with Crippen LogP contribution in [0.4, 0.5) is 5.69 Å². The predicted molar refractivity (Wildman–Crippen MR) is 50.4 cm³/mol. The molecule has 6 nitrogen and oxygen atoms in total. The van der Waals surface area contributed by atoms with Crippen molar-refractivity contribution in [2.24, 2.45) is 5.11 Å². The van der Waals surface area contributed by atoms with E-state index in [2.05, 4.69) is 16.9 Å². The van der Waals surface area contributed by atoms with Gasteiger partial charge in [0.2, 0.25) is 0 Å². The Balaban J connectivity index is 3.14. The van der Waals surface area contributed by atoms with E-state index in [9.17, 15) is 10.1 Å². The fraction of sp³-hybridized carbons (Fsp3) is 0.125. The Morgan fingerprint density at radius 1 is 1.64 bits per heavy atom. The third-order valence-electron chi connectivity index (χ3n) is 1.65. The highest BCUT2D eigenvalue weighted by molar-refractivity contribution is 5.44. The molecule has 0 saturated carbocycles. The summed E-state index contributed by atoms with van der Waals surface area (Å²) in [4.78, 5) is 12.6. The minimum absolute atomic E-state index is 0.0207. The highest BCUT2D eigenvalue weighted by Gasteiger charge is 2.12. The molecule has 0 atom stereocenters. The summed E-state index contributed by atoms with van der Waals surface area (Å²) in [6, 6.07) is 4.52. The van der Waals surface area contributed by atoms with Crippen molar-refractivity contribution < 1.29 is 4.92 Å². The molecule has 0 N–H and O–H groups in total. The number of hydrogen-bond donors (Lipinski definition) is 0. The molecule has 0 amide bonds. The molecular weight excluding hydrogens is 184 g/mol. The topological polar surface area (TPSA) is 91.9 Å². The Morgan fingerprint density at radius 3 is 2.93 bits per heavy atom. The van der Waals surface area contributed by atoms with Crippen molar-refractivity contribution >= 4 is 5.69 Å². The molecule has 0 fully saturated rings. The number of hydrogen-bond acceptors (Lipinski definition) is 3. The third-order valence-corrected chi connectivity index (χ3v) is 1.65. The molecule has 0 aliphatic rings. The molecule has 1 aromatic rings. The van der Waals surface area contributed by atoms with Gasteiger partial charge in [-0.2, -0.15) is 0 Å². The first-order valence-electron chi connectivity index (χ1n) is 3.75. The summed E-state index contributed by atoms with van der Waals surface area (Å²) >= 11 is 0. The van der Waals surface area contributed by atoms with E-state index in [1.54, 1.807) is 6.07 Å². The monoisotopic (exact) mass is 191 g/mol. The smallest absolute Gasteiger partial charge is 0.258 e. The maximum Gasteiger partial charge on any atom is 0.272 e. The van der Waals surface area contributed by atoms with Crippen LogP contribution in [0.2, 0.25) is 0 Å². The quantitative estimate of drug-likeness (QED) is 0.241. The lowest BCUT2D eigenvalue weighted by molar-refractivity contribution is -0.385. The molecule has 14 heavy (non-hydrogen) atoms. The van der Waals surface area contributed by atoms with Gasteiger partial charge in [0.1, 0.15) is 0 Å². The van der Waals surface area contributed by atoms with Crippen LogP contribution in [0.1, 0.15) is 11.1 Å². The van der Waals surface area contributed by atoms with Gasteiger partial charge in [-0.3, -0.25) is 10.1 Å². The Bertz CT molecular complexity index is 410. The largest absolute Gasteiger partial charge is 0.272 e. The van der Waals surface area contributed by atoms with Crippen molar-refractivity contribution in [1.82, 2.24) is 0 Å². The SMILES string of the molecule is [CH2]c1ccc(CN=[N+]=[N-])c([N+](=O)[O-])c1. The van der Waals surface area contributed by atoms with Gasteiger partial charge >= 0.3 is 0 Å². The molecule has 71 valence electrons. The second-order valence-corrected chi connectivity index (χ2v) is 2.61. The van der Waals surface area contributed by atoms with Crippen LogP contribution < -0.4 is 0 Å². The fourth-order valence-corrected chi connectivity index (χ4v) is 1.02. The Hall–Kier alpha value is -2.07. The first kappa shape index (κ1) is 10.0. The molecule has 1 radical (unpaired) electrons. The molecule has 0 aliphatic carbocycles. The van der Waals surface area contributed by atoms with Crippen LogP contribution in [0.15, 0.2) is 23.3 Å². The Morgan fingerprint density at radius 2 is 2.36 bits per heavy atom. The third kappa shape index (κ3) is 2.21. The van der Waals surface area contributed by atoms with Gasteiger partial charge < -0.3 is 0 Å². The number of rotatable bonds is 3.